The lowest BCUT2D eigenvalue weighted by atomic mass is 10.1. The molecule has 100 valence electrons. The van der Waals surface area contributed by atoms with Crippen LogP contribution in [0.4, 0.5) is 10.5 Å². The first-order valence-electron chi connectivity index (χ1n) is 5.82. The van der Waals surface area contributed by atoms with E-state index in [2.05, 4.69) is 5.32 Å². The van der Waals surface area contributed by atoms with Crippen LogP contribution in [0.3, 0.4) is 0 Å². The molecule has 19 heavy (non-hydrogen) atoms. The van der Waals surface area contributed by atoms with Gasteiger partial charge < -0.3 is 5.32 Å². The van der Waals surface area contributed by atoms with E-state index in [0.717, 1.165) is 33.5 Å². The standard InChI is InChI=1S/C13H14N2O3S/c1-8-4-3-5-9(2)12(8)14-10(16)6-15-11(17)7-19-13(15)18/h3-5H,6-7H2,1-2H3,(H,14,16). The van der Waals surface area contributed by atoms with Crippen molar-refractivity contribution >= 4 is 34.5 Å². The second-order valence-corrected chi connectivity index (χ2v) is 5.28. The normalized spacial score (nSPS) is 14.9. The fraction of sp³-hybridized carbons (Fsp3) is 0.308. The quantitative estimate of drug-likeness (QED) is 0.917. The van der Waals surface area contributed by atoms with Crippen molar-refractivity contribution < 1.29 is 14.4 Å². The Labute approximate surface area is 115 Å². The van der Waals surface area contributed by atoms with Gasteiger partial charge in [0.2, 0.25) is 11.8 Å². The molecule has 0 unspecified atom stereocenters. The molecule has 6 heteroatoms. The van der Waals surface area contributed by atoms with Gasteiger partial charge in [-0.25, -0.2) is 0 Å². The van der Waals surface area contributed by atoms with Gasteiger partial charge in [-0.1, -0.05) is 30.0 Å². The van der Waals surface area contributed by atoms with Crippen LogP contribution in [0.1, 0.15) is 11.1 Å². The van der Waals surface area contributed by atoms with Crippen molar-refractivity contribution in [2.45, 2.75) is 13.8 Å². The van der Waals surface area contributed by atoms with Crippen molar-refractivity contribution in [2.75, 3.05) is 17.6 Å². The number of hydrogen-bond donors (Lipinski definition) is 1. The van der Waals surface area contributed by atoms with E-state index < -0.39 is 0 Å². The topological polar surface area (TPSA) is 66.5 Å². The maximum absolute atomic E-state index is 11.9. The average Bonchev–Trinajstić information content (AvgIpc) is 2.66. The third-order valence-corrected chi connectivity index (χ3v) is 3.75. The van der Waals surface area contributed by atoms with Crippen LogP contribution in [-0.4, -0.2) is 34.3 Å². The largest absolute Gasteiger partial charge is 0.324 e. The zero-order valence-electron chi connectivity index (χ0n) is 10.7. The van der Waals surface area contributed by atoms with Gasteiger partial charge in [-0.2, -0.15) is 0 Å². The van der Waals surface area contributed by atoms with Gasteiger partial charge in [-0.3, -0.25) is 19.3 Å². The number of benzene rings is 1. The summed E-state index contributed by atoms with van der Waals surface area (Å²) in [6, 6.07) is 5.69. The molecule has 5 nitrogen and oxygen atoms in total. The highest BCUT2D eigenvalue weighted by Crippen LogP contribution is 2.21. The van der Waals surface area contributed by atoms with E-state index in [-0.39, 0.29) is 29.4 Å². The first-order valence-corrected chi connectivity index (χ1v) is 6.81. The Hall–Kier alpha value is -1.82. The van der Waals surface area contributed by atoms with Crippen molar-refractivity contribution in [3.63, 3.8) is 0 Å². The Morgan fingerprint density at radius 2 is 1.95 bits per heavy atom. The van der Waals surface area contributed by atoms with Crippen molar-refractivity contribution in [1.82, 2.24) is 4.90 Å². The van der Waals surface area contributed by atoms with Gasteiger partial charge in [-0.15, -0.1) is 0 Å². The number of aryl methyl sites for hydroxylation is 2. The molecule has 0 bridgehead atoms. The van der Waals surface area contributed by atoms with E-state index in [0.29, 0.717) is 0 Å². The van der Waals surface area contributed by atoms with Gasteiger partial charge in [0, 0.05) is 5.69 Å². The molecule has 1 fully saturated rings. The lowest BCUT2D eigenvalue weighted by molar-refractivity contribution is -0.128. The molecular formula is C13H14N2O3S. The zero-order valence-corrected chi connectivity index (χ0v) is 11.5. The molecule has 1 aromatic rings. The molecule has 1 N–H and O–H groups in total. The molecular weight excluding hydrogens is 264 g/mol. The first kappa shape index (κ1) is 13.6. The lowest BCUT2D eigenvalue weighted by Gasteiger charge is -2.15. The fourth-order valence-corrected chi connectivity index (χ4v) is 2.59. The third kappa shape index (κ3) is 2.96. The van der Waals surface area contributed by atoms with Gasteiger partial charge >= 0.3 is 0 Å². The Morgan fingerprint density at radius 1 is 1.32 bits per heavy atom. The predicted octanol–water partition coefficient (Wildman–Crippen LogP) is 1.94. The summed E-state index contributed by atoms with van der Waals surface area (Å²) >= 11 is 0.926. The van der Waals surface area contributed by atoms with Crippen molar-refractivity contribution in [1.29, 1.82) is 0 Å². The Kier molecular flexibility index (Phi) is 3.90. The smallest absolute Gasteiger partial charge is 0.289 e. The molecule has 1 aliphatic heterocycles. The molecule has 1 saturated heterocycles. The van der Waals surface area contributed by atoms with E-state index >= 15 is 0 Å². The fourth-order valence-electron chi connectivity index (χ4n) is 1.87. The van der Waals surface area contributed by atoms with E-state index in [4.69, 9.17) is 0 Å². The molecule has 3 amide bonds. The highest BCUT2D eigenvalue weighted by Gasteiger charge is 2.31. The maximum atomic E-state index is 11.9. The van der Waals surface area contributed by atoms with Gasteiger partial charge in [-0.05, 0) is 25.0 Å². The van der Waals surface area contributed by atoms with Crippen LogP contribution in [0.25, 0.3) is 0 Å². The minimum atomic E-state index is -0.360. The average molecular weight is 278 g/mol. The SMILES string of the molecule is Cc1cccc(C)c1NC(=O)CN1C(=O)CSC1=O. The molecule has 0 spiro atoms. The molecule has 1 heterocycles. The first-order chi connectivity index (χ1) is 8.99. The Bertz CT molecular complexity index is 521. The Morgan fingerprint density at radius 3 is 2.47 bits per heavy atom. The third-order valence-electron chi connectivity index (χ3n) is 2.89. The van der Waals surface area contributed by atoms with Crippen LogP contribution in [-0.2, 0) is 9.59 Å². The number of anilines is 1. The molecule has 1 aromatic carbocycles. The molecule has 0 radical (unpaired) electrons. The number of nitrogens with zero attached hydrogens (tertiary/aromatic N) is 1. The number of para-hydroxylation sites is 1. The summed E-state index contributed by atoms with van der Waals surface area (Å²) in [6.45, 7) is 3.56. The van der Waals surface area contributed by atoms with Gasteiger partial charge in [0.15, 0.2) is 0 Å². The van der Waals surface area contributed by atoms with Crippen LogP contribution in [0.15, 0.2) is 18.2 Å². The highest BCUT2D eigenvalue weighted by atomic mass is 32.2. The van der Waals surface area contributed by atoms with E-state index in [1.165, 1.54) is 0 Å². The van der Waals surface area contributed by atoms with E-state index in [1.807, 2.05) is 32.0 Å². The highest BCUT2D eigenvalue weighted by molar-refractivity contribution is 8.14. The number of rotatable bonds is 3. The summed E-state index contributed by atoms with van der Waals surface area (Å²) in [4.78, 5) is 35.7. The second kappa shape index (κ2) is 5.44. The van der Waals surface area contributed by atoms with E-state index in [9.17, 15) is 14.4 Å². The molecule has 1 aliphatic rings. The number of carbonyl (C=O) groups is 3. The maximum Gasteiger partial charge on any atom is 0.289 e. The number of carbonyl (C=O) groups excluding carboxylic acids is 3. The molecule has 0 aliphatic carbocycles. The zero-order chi connectivity index (χ0) is 14.0. The summed E-state index contributed by atoms with van der Waals surface area (Å²) in [5.41, 5.74) is 2.63. The Balaban J connectivity index is 2.06. The van der Waals surface area contributed by atoms with Crippen molar-refractivity contribution in [3.8, 4) is 0 Å². The number of amides is 3. The molecule has 0 saturated carbocycles. The van der Waals surface area contributed by atoms with Crippen molar-refractivity contribution in [2.24, 2.45) is 0 Å². The summed E-state index contributed by atoms with van der Waals surface area (Å²) in [7, 11) is 0. The summed E-state index contributed by atoms with van der Waals surface area (Å²) in [5.74, 6) is -0.552. The summed E-state index contributed by atoms with van der Waals surface area (Å²) in [6.07, 6.45) is 0. The number of thioether (sulfide) groups is 1. The molecule has 0 atom stereocenters. The van der Waals surface area contributed by atoms with Crippen molar-refractivity contribution in [3.05, 3.63) is 29.3 Å². The number of imide groups is 1. The van der Waals surface area contributed by atoms with Crippen LogP contribution >= 0.6 is 11.8 Å². The molecule has 0 aromatic heterocycles. The summed E-state index contributed by atoms with van der Waals surface area (Å²) in [5, 5.41) is 2.39. The van der Waals surface area contributed by atoms with Gasteiger partial charge in [0.1, 0.15) is 6.54 Å². The van der Waals surface area contributed by atoms with Crippen LogP contribution < -0.4 is 5.32 Å². The number of hydrogen-bond acceptors (Lipinski definition) is 4. The van der Waals surface area contributed by atoms with Crippen LogP contribution in [0, 0.1) is 13.8 Å². The van der Waals surface area contributed by atoms with Gasteiger partial charge in [0.05, 0.1) is 5.75 Å². The lowest BCUT2D eigenvalue weighted by Crippen LogP contribution is -2.36. The monoisotopic (exact) mass is 278 g/mol. The predicted molar refractivity (Wildman–Crippen MR) is 74.1 cm³/mol. The number of nitrogens with one attached hydrogen (secondary N) is 1. The van der Waals surface area contributed by atoms with E-state index in [1.54, 1.807) is 0 Å². The molecule has 2 rings (SSSR count). The second-order valence-electron chi connectivity index (χ2n) is 4.35. The summed E-state index contributed by atoms with van der Waals surface area (Å²) < 4.78 is 0. The van der Waals surface area contributed by atoms with Crippen LogP contribution in [0.2, 0.25) is 0 Å². The minimum Gasteiger partial charge on any atom is -0.324 e. The van der Waals surface area contributed by atoms with Crippen LogP contribution in [0.5, 0.6) is 0 Å². The van der Waals surface area contributed by atoms with Gasteiger partial charge in [0.25, 0.3) is 5.24 Å². The minimum absolute atomic E-state index is 0.121.